The van der Waals surface area contributed by atoms with Crippen molar-refractivity contribution in [1.29, 1.82) is 0 Å². The Hall–Kier alpha value is -2.68. The third kappa shape index (κ3) is 6.40. The zero-order valence-corrected chi connectivity index (χ0v) is 19.4. The van der Waals surface area contributed by atoms with Crippen LogP contribution in [0.25, 0.3) is 0 Å². The number of sulfonamides is 1. The number of anilines is 1. The molecule has 31 heavy (non-hydrogen) atoms. The quantitative estimate of drug-likeness (QED) is 0.472. The lowest BCUT2D eigenvalue weighted by molar-refractivity contribution is -0.116. The van der Waals surface area contributed by atoms with Gasteiger partial charge in [0, 0.05) is 16.7 Å². The fourth-order valence-electron chi connectivity index (χ4n) is 2.97. The number of hydrogen-bond acceptors (Lipinski definition) is 4. The van der Waals surface area contributed by atoms with Crippen LogP contribution < -0.4 is 10.1 Å². The molecule has 0 saturated heterocycles. The van der Waals surface area contributed by atoms with Crippen LogP contribution in [0.5, 0.6) is 5.75 Å². The van der Waals surface area contributed by atoms with Crippen molar-refractivity contribution in [2.75, 3.05) is 25.5 Å². The molecule has 0 unspecified atom stereocenters. The molecule has 3 rings (SSSR count). The van der Waals surface area contributed by atoms with Crippen LogP contribution in [0.3, 0.4) is 0 Å². The summed E-state index contributed by atoms with van der Waals surface area (Å²) in [6.45, 7) is -0.115. The van der Waals surface area contributed by atoms with Crippen molar-refractivity contribution in [2.24, 2.45) is 0 Å². The first-order valence-corrected chi connectivity index (χ1v) is 11.9. The van der Waals surface area contributed by atoms with Crippen molar-refractivity contribution < 1.29 is 17.9 Å². The molecule has 0 saturated carbocycles. The molecule has 8 heteroatoms. The van der Waals surface area contributed by atoms with Gasteiger partial charge >= 0.3 is 0 Å². The number of carbonyl (C=O) groups excluding carboxylic acids is 1. The fraction of sp³-hybridized carbons (Fsp3) is 0.174. The maximum absolute atomic E-state index is 13.3. The normalized spacial score (nSPS) is 11.3. The van der Waals surface area contributed by atoms with E-state index in [-0.39, 0.29) is 18.0 Å². The van der Waals surface area contributed by atoms with Crippen LogP contribution in [0, 0.1) is 0 Å². The highest BCUT2D eigenvalue weighted by molar-refractivity contribution is 9.10. The molecule has 0 aliphatic heterocycles. The molecular weight excluding hydrogens is 480 g/mol. The molecule has 0 aromatic heterocycles. The van der Waals surface area contributed by atoms with Crippen molar-refractivity contribution in [2.45, 2.75) is 11.3 Å². The smallest absolute Gasteiger partial charge is 0.243 e. The Kier molecular flexibility index (Phi) is 7.84. The molecule has 0 aliphatic carbocycles. The van der Waals surface area contributed by atoms with Gasteiger partial charge in [-0.25, -0.2) is 8.42 Å². The summed E-state index contributed by atoms with van der Waals surface area (Å²) in [5, 5.41) is 2.75. The fourth-order valence-corrected chi connectivity index (χ4v) is 4.63. The van der Waals surface area contributed by atoms with E-state index >= 15 is 0 Å². The predicted octanol–water partition coefficient (Wildman–Crippen LogP) is 4.33. The van der Waals surface area contributed by atoms with E-state index in [1.165, 1.54) is 16.4 Å². The summed E-state index contributed by atoms with van der Waals surface area (Å²) in [4.78, 5) is 12.8. The van der Waals surface area contributed by atoms with Crippen LogP contribution in [-0.4, -0.2) is 38.8 Å². The monoisotopic (exact) mass is 502 g/mol. The topological polar surface area (TPSA) is 75.7 Å². The number of nitrogens with one attached hydrogen (secondary N) is 1. The molecule has 1 N–H and O–H groups in total. The second-order valence-corrected chi connectivity index (χ2v) is 9.66. The Morgan fingerprint density at radius 3 is 2.23 bits per heavy atom. The van der Waals surface area contributed by atoms with E-state index in [1.807, 2.05) is 30.3 Å². The molecule has 0 bridgehead atoms. The number of ether oxygens (including phenoxy) is 1. The highest BCUT2D eigenvalue weighted by atomic mass is 79.9. The number of benzene rings is 3. The van der Waals surface area contributed by atoms with E-state index in [4.69, 9.17) is 4.74 Å². The Bertz CT molecular complexity index is 1100. The van der Waals surface area contributed by atoms with Gasteiger partial charge in [-0.3, -0.25) is 4.79 Å². The molecular formula is C23H23BrN2O4S. The molecule has 0 aliphatic rings. The van der Waals surface area contributed by atoms with Crippen LogP contribution in [0.1, 0.15) is 5.56 Å². The molecule has 0 fully saturated rings. The van der Waals surface area contributed by atoms with Gasteiger partial charge in [-0.15, -0.1) is 0 Å². The first-order chi connectivity index (χ1) is 14.9. The average Bonchev–Trinajstić information content (AvgIpc) is 2.78. The van der Waals surface area contributed by atoms with E-state index in [2.05, 4.69) is 21.2 Å². The van der Waals surface area contributed by atoms with E-state index in [0.29, 0.717) is 17.9 Å². The minimum atomic E-state index is -3.85. The summed E-state index contributed by atoms with van der Waals surface area (Å²) in [5.41, 5.74) is 1.56. The molecule has 0 radical (unpaired) electrons. The van der Waals surface area contributed by atoms with Gasteiger partial charge < -0.3 is 10.1 Å². The third-order valence-corrected chi connectivity index (χ3v) is 7.03. The van der Waals surface area contributed by atoms with Crippen LogP contribution >= 0.6 is 15.9 Å². The lowest BCUT2D eigenvalue weighted by atomic mass is 10.1. The largest absolute Gasteiger partial charge is 0.497 e. The number of methoxy groups -OCH3 is 1. The maximum Gasteiger partial charge on any atom is 0.243 e. The van der Waals surface area contributed by atoms with E-state index in [1.54, 1.807) is 43.5 Å². The summed E-state index contributed by atoms with van der Waals surface area (Å²) in [6, 6.07) is 22.8. The summed E-state index contributed by atoms with van der Waals surface area (Å²) in [7, 11) is -2.29. The Morgan fingerprint density at radius 1 is 0.968 bits per heavy atom. The second kappa shape index (κ2) is 10.6. The molecule has 162 valence electrons. The van der Waals surface area contributed by atoms with Crippen LogP contribution in [0.4, 0.5) is 5.69 Å². The molecule has 0 spiro atoms. The van der Waals surface area contributed by atoms with Gasteiger partial charge in [0.25, 0.3) is 0 Å². The summed E-state index contributed by atoms with van der Waals surface area (Å²) in [6.07, 6.45) is 0.492. The van der Waals surface area contributed by atoms with Crippen molar-refractivity contribution in [3.63, 3.8) is 0 Å². The zero-order chi connectivity index (χ0) is 22.3. The van der Waals surface area contributed by atoms with Crippen molar-refractivity contribution >= 4 is 37.5 Å². The minimum Gasteiger partial charge on any atom is -0.497 e. The number of nitrogens with zero attached hydrogens (tertiary/aromatic N) is 1. The lowest BCUT2D eigenvalue weighted by Gasteiger charge is -2.22. The lowest BCUT2D eigenvalue weighted by Crippen LogP contribution is -2.39. The summed E-state index contributed by atoms with van der Waals surface area (Å²) in [5.74, 6) is 0.249. The Balaban J connectivity index is 1.78. The first-order valence-electron chi connectivity index (χ1n) is 9.62. The van der Waals surface area contributed by atoms with Crippen molar-refractivity contribution in [3.05, 3.63) is 88.9 Å². The molecule has 3 aromatic carbocycles. The number of carbonyl (C=O) groups is 1. The van der Waals surface area contributed by atoms with Crippen molar-refractivity contribution in [1.82, 2.24) is 4.31 Å². The SMILES string of the molecule is COc1ccc(NC(=O)CN(CCc2ccccc2)S(=O)(=O)c2ccc(Br)cc2)cc1. The van der Waals surface area contributed by atoms with Gasteiger partial charge in [-0.1, -0.05) is 46.3 Å². The van der Waals surface area contributed by atoms with E-state index < -0.39 is 15.9 Å². The zero-order valence-electron chi connectivity index (χ0n) is 17.0. The van der Waals surface area contributed by atoms with Crippen LogP contribution in [0.15, 0.2) is 88.2 Å². The van der Waals surface area contributed by atoms with Gasteiger partial charge in [0.15, 0.2) is 0 Å². The molecule has 1 amide bonds. The number of hydrogen-bond donors (Lipinski definition) is 1. The molecule has 0 heterocycles. The Morgan fingerprint density at radius 2 is 1.61 bits per heavy atom. The molecule has 6 nitrogen and oxygen atoms in total. The number of rotatable bonds is 9. The van der Waals surface area contributed by atoms with E-state index in [9.17, 15) is 13.2 Å². The number of amides is 1. The highest BCUT2D eigenvalue weighted by Crippen LogP contribution is 2.20. The first kappa shape index (κ1) is 23.0. The molecule has 0 atom stereocenters. The standard InChI is InChI=1S/C23H23BrN2O4S/c1-30-21-11-9-20(10-12-21)25-23(27)17-26(16-15-18-5-3-2-4-6-18)31(28,29)22-13-7-19(24)8-14-22/h2-14H,15-17H2,1H3,(H,25,27). The van der Waals surface area contributed by atoms with Gasteiger partial charge in [0.2, 0.25) is 15.9 Å². The van der Waals surface area contributed by atoms with Gasteiger partial charge in [0.05, 0.1) is 18.6 Å². The summed E-state index contributed by atoms with van der Waals surface area (Å²) >= 11 is 3.32. The van der Waals surface area contributed by atoms with Crippen LogP contribution in [0.2, 0.25) is 0 Å². The van der Waals surface area contributed by atoms with E-state index in [0.717, 1.165) is 10.0 Å². The second-order valence-electron chi connectivity index (χ2n) is 6.80. The summed E-state index contributed by atoms with van der Waals surface area (Å²) < 4.78 is 33.6. The van der Waals surface area contributed by atoms with Gasteiger partial charge in [-0.2, -0.15) is 4.31 Å². The number of halogens is 1. The minimum absolute atomic E-state index is 0.140. The highest BCUT2D eigenvalue weighted by Gasteiger charge is 2.26. The van der Waals surface area contributed by atoms with Crippen molar-refractivity contribution in [3.8, 4) is 5.75 Å². The predicted molar refractivity (Wildman–Crippen MR) is 125 cm³/mol. The Labute approximate surface area is 191 Å². The van der Waals surface area contributed by atoms with Crippen LogP contribution in [-0.2, 0) is 21.2 Å². The maximum atomic E-state index is 13.3. The third-order valence-electron chi connectivity index (χ3n) is 4.64. The van der Waals surface area contributed by atoms with Gasteiger partial charge in [0.1, 0.15) is 5.75 Å². The molecule has 3 aromatic rings. The average molecular weight is 503 g/mol. The van der Waals surface area contributed by atoms with Gasteiger partial charge in [-0.05, 0) is 60.5 Å².